The number of hydrogen-bond acceptors (Lipinski definition) is 2. The Morgan fingerprint density at radius 1 is 1.14 bits per heavy atom. The molecule has 0 radical (unpaired) electrons. The Hall–Kier alpha value is -0.800. The van der Waals surface area contributed by atoms with E-state index in [0.29, 0.717) is 0 Å². The molecule has 0 fully saturated rings. The number of benzene rings is 1. The van der Waals surface area contributed by atoms with Crippen molar-refractivity contribution in [3.05, 3.63) is 30.1 Å². The summed E-state index contributed by atoms with van der Waals surface area (Å²) in [6.45, 7) is 1.04. The van der Waals surface area contributed by atoms with Crippen LogP contribution in [0.3, 0.4) is 0 Å². The Morgan fingerprint density at radius 2 is 1.79 bits per heavy atom. The van der Waals surface area contributed by atoms with Crippen LogP contribution in [0.2, 0.25) is 0 Å². The molecule has 4 heteroatoms. The second kappa shape index (κ2) is 7.59. The van der Waals surface area contributed by atoms with E-state index in [4.69, 9.17) is 5.11 Å². The van der Waals surface area contributed by atoms with Crippen molar-refractivity contribution in [2.75, 3.05) is 18.5 Å². The van der Waals surface area contributed by atoms with Gasteiger partial charge in [-0.1, -0.05) is 0 Å². The first-order valence-electron chi connectivity index (χ1n) is 4.43. The summed E-state index contributed by atoms with van der Waals surface area (Å²) in [6, 6.07) is 6.26. The number of hydrogen-bond donors (Lipinski definition) is 2. The van der Waals surface area contributed by atoms with Crippen molar-refractivity contribution in [1.82, 2.24) is 0 Å². The van der Waals surface area contributed by atoms with Crippen LogP contribution in [0.4, 0.5) is 10.1 Å². The molecule has 0 aromatic heterocycles. The highest BCUT2D eigenvalue weighted by molar-refractivity contribution is 5.42. The minimum atomic E-state index is -0.221. The third kappa shape index (κ3) is 5.04. The number of aliphatic hydroxyl groups excluding tert-OH is 1. The minimum Gasteiger partial charge on any atom is -1.00 e. The summed E-state index contributed by atoms with van der Waals surface area (Å²) in [4.78, 5) is 0. The van der Waals surface area contributed by atoms with Crippen LogP contribution < -0.4 is 17.7 Å². The van der Waals surface area contributed by atoms with E-state index in [2.05, 4.69) is 5.32 Å². The largest absolute Gasteiger partial charge is 1.00 e. The van der Waals surface area contributed by atoms with Crippen LogP contribution in [-0.2, 0) is 0 Å². The normalized spacial score (nSPS) is 9.29. The van der Waals surface area contributed by atoms with Crippen LogP contribution in [0.1, 0.15) is 12.8 Å². The maximum Gasteiger partial charge on any atom is 0.123 e. The highest BCUT2D eigenvalue weighted by atomic mass is 35.5. The quantitative estimate of drug-likeness (QED) is 0.623. The van der Waals surface area contributed by atoms with E-state index in [1.54, 1.807) is 12.1 Å². The fourth-order valence-electron chi connectivity index (χ4n) is 1.04. The molecule has 1 aromatic carbocycles. The summed E-state index contributed by atoms with van der Waals surface area (Å²) in [5.74, 6) is -0.221. The van der Waals surface area contributed by atoms with Gasteiger partial charge >= 0.3 is 0 Å². The predicted molar refractivity (Wildman–Crippen MR) is 51.2 cm³/mol. The van der Waals surface area contributed by atoms with Crippen molar-refractivity contribution in [1.29, 1.82) is 0 Å². The first-order chi connectivity index (χ1) is 6.33. The summed E-state index contributed by atoms with van der Waals surface area (Å²) in [5.41, 5.74) is 0.916. The van der Waals surface area contributed by atoms with Gasteiger partial charge < -0.3 is 22.8 Å². The van der Waals surface area contributed by atoms with E-state index in [0.717, 1.165) is 25.1 Å². The Kier molecular flexibility index (Phi) is 7.16. The second-order valence-corrected chi connectivity index (χ2v) is 2.86. The van der Waals surface area contributed by atoms with Gasteiger partial charge in [0.2, 0.25) is 0 Å². The minimum absolute atomic E-state index is 0. The van der Waals surface area contributed by atoms with Gasteiger partial charge in [-0.15, -0.1) is 0 Å². The predicted octanol–water partition coefficient (Wildman–Crippen LogP) is -0.986. The van der Waals surface area contributed by atoms with Crippen molar-refractivity contribution >= 4 is 5.69 Å². The fourth-order valence-corrected chi connectivity index (χ4v) is 1.04. The van der Waals surface area contributed by atoms with Crippen LogP contribution in [0.15, 0.2) is 24.3 Å². The highest BCUT2D eigenvalue weighted by Gasteiger charge is 1.91. The summed E-state index contributed by atoms with van der Waals surface area (Å²) >= 11 is 0. The molecule has 1 rings (SSSR count). The van der Waals surface area contributed by atoms with Gasteiger partial charge in [0.1, 0.15) is 5.82 Å². The Labute approximate surface area is 89.6 Å². The molecule has 0 unspecified atom stereocenters. The van der Waals surface area contributed by atoms with Gasteiger partial charge in [0.15, 0.2) is 0 Å². The van der Waals surface area contributed by atoms with Gasteiger partial charge in [-0.25, -0.2) is 4.39 Å². The van der Waals surface area contributed by atoms with Crippen molar-refractivity contribution in [2.24, 2.45) is 0 Å². The summed E-state index contributed by atoms with van der Waals surface area (Å²) < 4.78 is 12.5. The number of anilines is 1. The maximum absolute atomic E-state index is 12.5. The van der Waals surface area contributed by atoms with E-state index < -0.39 is 0 Å². The van der Waals surface area contributed by atoms with E-state index in [1.807, 2.05) is 0 Å². The molecule has 0 saturated heterocycles. The van der Waals surface area contributed by atoms with E-state index in [1.165, 1.54) is 12.1 Å². The zero-order chi connectivity index (χ0) is 9.52. The van der Waals surface area contributed by atoms with Crippen LogP contribution in [0.25, 0.3) is 0 Å². The summed E-state index contributed by atoms with van der Waals surface area (Å²) in [5, 5.41) is 11.7. The molecule has 0 heterocycles. The van der Waals surface area contributed by atoms with E-state index in [9.17, 15) is 4.39 Å². The number of unbranched alkanes of at least 4 members (excludes halogenated alkanes) is 1. The van der Waals surface area contributed by atoms with Crippen LogP contribution in [0.5, 0.6) is 0 Å². The molecule has 1 aromatic rings. The summed E-state index contributed by atoms with van der Waals surface area (Å²) in [7, 11) is 0. The second-order valence-electron chi connectivity index (χ2n) is 2.86. The molecule has 0 aliphatic heterocycles. The Morgan fingerprint density at radius 3 is 2.36 bits per heavy atom. The third-order valence-corrected chi connectivity index (χ3v) is 1.76. The van der Waals surface area contributed by atoms with E-state index >= 15 is 0 Å². The molecule has 0 bridgehead atoms. The molecular formula is C10H14ClFNO-. The average molecular weight is 219 g/mol. The molecule has 0 amide bonds. The molecule has 0 saturated carbocycles. The lowest BCUT2D eigenvalue weighted by Crippen LogP contribution is -3.00. The van der Waals surface area contributed by atoms with Gasteiger partial charge in [0.25, 0.3) is 0 Å². The number of rotatable bonds is 5. The molecule has 0 aliphatic rings. The average Bonchev–Trinajstić information content (AvgIpc) is 2.15. The molecule has 2 nitrogen and oxygen atoms in total. The third-order valence-electron chi connectivity index (χ3n) is 1.76. The van der Waals surface area contributed by atoms with Crippen molar-refractivity contribution in [3.63, 3.8) is 0 Å². The molecule has 2 N–H and O–H groups in total. The lowest BCUT2D eigenvalue weighted by Gasteiger charge is -2.04. The van der Waals surface area contributed by atoms with E-state index in [-0.39, 0.29) is 24.8 Å². The number of halogens is 2. The molecule has 14 heavy (non-hydrogen) atoms. The number of nitrogens with one attached hydrogen (secondary N) is 1. The zero-order valence-corrected chi connectivity index (χ0v) is 8.60. The maximum atomic E-state index is 12.5. The molecule has 0 aliphatic carbocycles. The van der Waals surface area contributed by atoms with Crippen molar-refractivity contribution in [2.45, 2.75) is 12.8 Å². The smallest absolute Gasteiger partial charge is 0.123 e. The lowest BCUT2D eigenvalue weighted by molar-refractivity contribution is -0.00000440. The zero-order valence-electron chi connectivity index (χ0n) is 7.84. The van der Waals surface area contributed by atoms with Gasteiger partial charge in [-0.2, -0.15) is 0 Å². The Balaban J connectivity index is 0.00000169. The van der Waals surface area contributed by atoms with Gasteiger partial charge in [0.05, 0.1) is 0 Å². The standard InChI is InChI=1S/C10H14FNO.ClH/c11-9-3-5-10(6-4-9)12-7-1-2-8-13;/h3-6,12-13H,1-2,7-8H2;1H/p-1. The van der Waals surface area contributed by atoms with Crippen LogP contribution in [0, 0.1) is 5.82 Å². The van der Waals surface area contributed by atoms with Crippen molar-refractivity contribution < 1.29 is 21.9 Å². The highest BCUT2D eigenvalue weighted by Crippen LogP contribution is 2.07. The van der Waals surface area contributed by atoms with Crippen LogP contribution in [-0.4, -0.2) is 18.3 Å². The monoisotopic (exact) mass is 218 g/mol. The van der Waals surface area contributed by atoms with Gasteiger partial charge in [-0.05, 0) is 37.1 Å². The van der Waals surface area contributed by atoms with Gasteiger partial charge in [0, 0.05) is 18.8 Å². The molecule has 0 spiro atoms. The molecular weight excluding hydrogens is 205 g/mol. The fraction of sp³-hybridized carbons (Fsp3) is 0.400. The first kappa shape index (κ1) is 13.2. The summed E-state index contributed by atoms with van der Waals surface area (Å²) in [6.07, 6.45) is 1.72. The first-order valence-corrected chi connectivity index (χ1v) is 4.43. The topological polar surface area (TPSA) is 32.3 Å². The van der Waals surface area contributed by atoms with Crippen LogP contribution >= 0.6 is 0 Å². The van der Waals surface area contributed by atoms with Gasteiger partial charge in [-0.3, -0.25) is 0 Å². The number of aliphatic hydroxyl groups is 1. The Bertz CT molecular complexity index is 240. The molecule has 0 atom stereocenters. The SMILES string of the molecule is OCCCCNc1ccc(F)cc1.[Cl-]. The molecule has 80 valence electrons. The van der Waals surface area contributed by atoms with Crippen molar-refractivity contribution in [3.8, 4) is 0 Å². The lowest BCUT2D eigenvalue weighted by atomic mass is 10.3.